The second kappa shape index (κ2) is 7.58. The standard InChI is InChI=1S/C16H23F2NO/c1-12-5-3-2-4-6-15(12)19-11-13-7-9-14(10-8-13)20-16(17)18/h7-10,12,15-16,19H,2-6,11H2,1H3. The molecule has 2 rings (SSSR count). The van der Waals surface area contributed by atoms with Gasteiger partial charge in [-0.05, 0) is 36.5 Å². The van der Waals surface area contributed by atoms with Crippen LogP contribution in [0.25, 0.3) is 0 Å². The van der Waals surface area contributed by atoms with E-state index >= 15 is 0 Å². The van der Waals surface area contributed by atoms with Crippen molar-refractivity contribution in [2.75, 3.05) is 0 Å². The molecule has 2 nitrogen and oxygen atoms in total. The normalized spacial score (nSPS) is 23.6. The lowest BCUT2D eigenvalue weighted by molar-refractivity contribution is -0.0498. The molecule has 0 saturated heterocycles. The van der Waals surface area contributed by atoms with Gasteiger partial charge in [-0.25, -0.2) is 0 Å². The molecule has 2 atom stereocenters. The van der Waals surface area contributed by atoms with Crippen LogP contribution in [0.5, 0.6) is 5.75 Å². The Morgan fingerprint density at radius 1 is 1.15 bits per heavy atom. The quantitative estimate of drug-likeness (QED) is 0.811. The van der Waals surface area contributed by atoms with Gasteiger partial charge in [-0.15, -0.1) is 0 Å². The lowest BCUT2D eigenvalue weighted by atomic mass is 9.97. The maximum absolute atomic E-state index is 12.1. The minimum atomic E-state index is -2.76. The number of benzene rings is 1. The van der Waals surface area contributed by atoms with Crippen LogP contribution in [0.1, 0.15) is 44.6 Å². The van der Waals surface area contributed by atoms with Crippen LogP contribution in [0.2, 0.25) is 0 Å². The number of ether oxygens (including phenoxy) is 1. The Balaban J connectivity index is 1.83. The Labute approximate surface area is 119 Å². The van der Waals surface area contributed by atoms with E-state index in [1.807, 2.05) is 12.1 Å². The van der Waals surface area contributed by atoms with Crippen molar-refractivity contribution in [1.29, 1.82) is 0 Å². The third-order valence-corrected chi connectivity index (χ3v) is 4.08. The summed E-state index contributed by atoms with van der Waals surface area (Å²) < 4.78 is 28.5. The van der Waals surface area contributed by atoms with Gasteiger partial charge in [0.1, 0.15) is 5.75 Å². The number of nitrogens with one attached hydrogen (secondary N) is 1. The number of hydrogen-bond donors (Lipinski definition) is 1. The first-order chi connectivity index (χ1) is 9.65. The van der Waals surface area contributed by atoms with Crippen molar-refractivity contribution in [3.63, 3.8) is 0 Å². The highest BCUT2D eigenvalue weighted by Crippen LogP contribution is 2.23. The molecule has 0 radical (unpaired) electrons. The van der Waals surface area contributed by atoms with Gasteiger partial charge in [-0.2, -0.15) is 8.78 Å². The molecule has 0 aliphatic heterocycles. The zero-order valence-electron chi connectivity index (χ0n) is 11.9. The van der Waals surface area contributed by atoms with Crippen molar-refractivity contribution in [2.24, 2.45) is 5.92 Å². The predicted octanol–water partition coefficient (Wildman–Crippen LogP) is 4.35. The van der Waals surface area contributed by atoms with Gasteiger partial charge in [-0.3, -0.25) is 0 Å². The molecular weight excluding hydrogens is 260 g/mol. The van der Waals surface area contributed by atoms with Crippen LogP contribution >= 0.6 is 0 Å². The van der Waals surface area contributed by atoms with Crippen LogP contribution in [0.4, 0.5) is 8.78 Å². The van der Waals surface area contributed by atoms with Crippen LogP contribution in [-0.4, -0.2) is 12.7 Å². The Bertz CT molecular complexity index is 394. The van der Waals surface area contributed by atoms with Crippen molar-refractivity contribution in [3.05, 3.63) is 29.8 Å². The Morgan fingerprint density at radius 2 is 1.85 bits per heavy atom. The minimum absolute atomic E-state index is 0.214. The van der Waals surface area contributed by atoms with Crippen LogP contribution in [-0.2, 0) is 6.54 Å². The molecule has 1 aliphatic carbocycles. The van der Waals surface area contributed by atoms with Crippen LogP contribution in [0.15, 0.2) is 24.3 Å². The predicted molar refractivity (Wildman–Crippen MR) is 76.0 cm³/mol. The Morgan fingerprint density at radius 3 is 2.55 bits per heavy atom. The highest BCUT2D eigenvalue weighted by molar-refractivity contribution is 5.27. The largest absolute Gasteiger partial charge is 0.435 e. The molecular formula is C16H23F2NO. The van der Waals surface area contributed by atoms with Crippen LogP contribution in [0, 0.1) is 5.92 Å². The molecule has 1 fully saturated rings. The summed E-state index contributed by atoms with van der Waals surface area (Å²) in [5.41, 5.74) is 1.10. The average Bonchev–Trinajstić information content (AvgIpc) is 2.62. The Hall–Kier alpha value is -1.16. The zero-order chi connectivity index (χ0) is 14.4. The molecule has 0 bridgehead atoms. The summed E-state index contributed by atoms with van der Waals surface area (Å²) in [6.45, 7) is 0.331. The van der Waals surface area contributed by atoms with Gasteiger partial charge in [0.25, 0.3) is 0 Å². The van der Waals surface area contributed by atoms with Crippen molar-refractivity contribution in [2.45, 2.75) is 58.2 Å². The fourth-order valence-electron chi connectivity index (χ4n) is 2.83. The fourth-order valence-corrected chi connectivity index (χ4v) is 2.83. The SMILES string of the molecule is CC1CCCCCC1NCc1ccc(OC(F)F)cc1. The highest BCUT2D eigenvalue weighted by Gasteiger charge is 2.18. The van der Waals surface area contributed by atoms with E-state index in [4.69, 9.17) is 0 Å². The number of alkyl halides is 2. The molecule has 0 spiro atoms. The van der Waals surface area contributed by atoms with Crippen molar-refractivity contribution < 1.29 is 13.5 Å². The van der Waals surface area contributed by atoms with E-state index in [1.165, 1.54) is 32.1 Å². The first-order valence-corrected chi connectivity index (χ1v) is 7.42. The smallest absolute Gasteiger partial charge is 0.387 e. The molecule has 1 saturated carbocycles. The molecule has 2 unspecified atom stereocenters. The van der Waals surface area contributed by atoms with E-state index in [9.17, 15) is 8.78 Å². The first-order valence-electron chi connectivity index (χ1n) is 7.42. The molecule has 0 heterocycles. The summed E-state index contributed by atoms with van der Waals surface area (Å²) in [4.78, 5) is 0. The molecule has 0 amide bonds. The van der Waals surface area contributed by atoms with E-state index in [0.717, 1.165) is 12.1 Å². The molecule has 4 heteroatoms. The molecule has 20 heavy (non-hydrogen) atoms. The minimum Gasteiger partial charge on any atom is -0.435 e. The number of halogens is 2. The maximum Gasteiger partial charge on any atom is 0.387 e. The monoisotopic (exact) mass is 283 g/mol. The van der Waals surface area contributed by atoms with Gasteiger partial charge in [0.05, 0.1) is 0 Å². The van der Waals surface area contributed by atoms with Crippen molar-refractivity contribution >= 4 is 0 Å². The summed E-state index contributed by atoms with van der Waals surface area (Å²) in [5.74, 6) is 0.922. The zero-order valence-corrected chi connectivity index (χ0v) is 11.9. The van der Waals surface area contributed by atoms with Crippen LogP contribution < -0.4 is 10.1 Å². The van der Waals surface area contributed by atoms with Gasteiger partial charge in [0.15, 0.2) is 0 Å². The maximum atomic E-state index is 12.1. The molecule has 0 aromatic heterocycles. The lowest BCUT2D eigenvalue weighted by Crippen LogP contribution is -2.33. The Kier molecular flexibility index (Phi) is 5.77. The summed E-state index contributed by atoms with van der Waals surface area (Å²) in [6.07, 6.45) is 6.48. The van der Waals surface area contributed by atoms with E-state index in [2.05, 4.69) is 17.0 Å². The van der Waals surface area contributed by atoms with Gasteiger partial charge in [-0.1, -0.05) is 38.3 Å². The van der Waals surface area contributed by atoms with Gasteiger partial charge >= 0.3 is 6.61 Å². The third kappa shape index (κ3) is 4.75. The number of rotatable bonds is 5. The van der Waals surface area contributed by atoms with E-state index < -0.39 is 6.61 Å². The summed E-state index contributed by atoms with van der Waals surface area (Å²) in [6, 6.07) is 7.44. The number of hydrogen-bond acceptors (Lipinski definition) is 2. The topological polar surface area (TPSA) is 21.3 Å². The summed E-state index contributed by atoms with van der Waals surface area (Å²) >= 11 is 0. The average molecular weight is 283 g/mol. The van der Waals surface area contributed by atoms with E-state index in [-0.39, 0.29) is 5.75 Å². The second-order valence-electron chi connectivity index (χ2n) is 5.63. The highest BCUT2D eigenvalue weighted by atomic mass is 19.3. The van der Waals surface area contributed by atoms with Gasteiger partial charge < -0.3 is 10.1 Å². The third-order valence-electron chi connectivity index (χ3n) is 4.08. The second-order valence-corrected chi connectivity index (χ2v) is 5.63. The van der Waals surface area contributed by atoms with E-state index in [1.54, 1.807) is 12.1 Å². The molecule has 1 N–H and O–H groups in total. The molecule has 1 aromatic carbocycles. The van der Waals surface area contributed by atoms with Crippen molar-refractivity contribution in [3.8, 4) is 5.75 Å². The first kappa shape index (κ1) is 15.2. The fraction of sp³-hybridized carbons (Fsp3) is 0.625. The van der Waals surface area contributed by atoms with Crippen LogP contribution in [0.3, 0.4) is 0 Å². The van der Waals surface area contributed by atoms with Gasteiger partial charge in [0.2, 0.25) is 0 Å². The van der Waals surface area contributed by atoms with Crippen molar-refractivity contribution in [1.82, 2.24) is 5.32 Å². The molecule has 1 aromatic rings. The summed E-state index contributed by atoms with van der Waals surface area (Å²) in [5, 5.41) is 3.60. The van der Waals surface area contributed by atoms with Gasteiger partial charge in [0, 0.05) is 12.6 Å². The molecule has 1 aliphatic rings. The lowest BCUT2D eigenvalue weighted by Gasteiger charge is -2.23. The summed E-state index contributed by atoms with van der Waals surface area (Å²) in [7, 11) is 0. The van der Waals surface area contributed by atoms with E-state index in [0.29, 0.717) is 12.0 Å². The molecule has 112 valence electrons.